The normalized spacial score (nSPS) is 10.7. The van der Waals surface area contributed by atoms with E-state index in [0.29, 0.717) is 0 Å². The van der Waals surface area contributed by atoms with Crippen LogP contribution in [0.1, 0.15) is 40.5 Å². The van der Waals surface area contributed by atoms with E-state index in [2.05, 4.69) is 0 Å². The molecule has 0 saturated heterocycles. The van der Waals surface area contributed by atoms with Crippen molar-refractivity contribution in [3.8, 4) is 0 Å². The van der Waals surface area contributed by atoms with Crippen LogP contribution in [0.15, 0.2) is 0 Å². The zero-order valence-electron chi connectivity index (χ0n) is 10.9. The predicted octanol–water partition coefficient (Wildman–Crippen LogP) is 2.90. The minimum Gasteiger partial charge on any atom is -0.393 e. The number of aliphatic hydroxyl groups is 2. The van der Waals surface area contributed by atoms with E-state index in [0.717, 1.165) is 12.8 Å². The molecule has 0 aliphatic carbocycles. The van der Waals surface area contributed by atoms with Gasteiger partial charge < -0.3 is 32.5 Å². The van der Waals surface area contributed by atoms with Crippen molar-refractivity contribution in [2.24, 2.45) is 0 Å². The van der Waals surface area contributed by atoms with Gasteiger partial charge in [-0.2, -0.15) is 0 Å². The summed E-state index contributed by atoms with van der Waals surface area (Å²) in [5.41, 5.74) is 0. The molecule has 0 fully saturated rings. The van der Waals surface area contributed by atoms with Gasteiger partial charge in [0.15, 0.2) is 0 Å². The number of aliphatic hydroxyl groups excluding tert-OH is 2. The molecule has 0 amide bonds. The van der Waals surface area contributed by atoms with Gasteiger partial charge in [0.2, 0.25) is 0 Å². The smallest absolute Gasteiger partial charge is 0.0509 e. The van der Waals surface area contributed by atoms with Crippen LogP contribution in [0.25, 0.3) is 0 Å². The number of rotatable bonds is 2. The van der Waals surface area contributed by atoms with Crippen LogP contribution in [-0.4, -0.2) is 22.4 Å². The van der Waals surface area contributed by atoms with Crippen LogP contribution in [0.3, 0.4) is 0 Å². The van der Waals surface area contributed by atoms with Gasteiger partial charge in [0.25, 0.3) is 0 Å². The molecule has 0 saturated carbocycles. The molecule has 0 bridgehead atoms. The Balaban J connectivity index is -0.0000000178. The zero-order chi connectivity index (χ0) is 8.57. The number of hydrogen-bond donors (Lipinski definition) is 2. The van der Waals surface area contributed by atoms with E-state index in [1.54, 1.807) is 13.8 Å². The van der Waals surface area contributed by atoms with Crippen molar-refractivity contribution >= 4 is 0 Å². The second-order valence-electron chi connectivity index (χ2n) is 2.51. The van der Waals surface area contributed by atoms with Crippen LogP contribution in [-0.2, 0) is 22.4 Å². The van der Waals surface area contributed by atoms with E-state index >= 15 is 0 Å². The Morgan fingerprint density at radius 3 is 0.857 bits per heavy atom. The minimum absolute atomic E-state index is 0. The first-order valence-corrected chi connectivity index (χ1v) is 3.90. The average Bonchev–Trinajstić information content (AvgIpc) is 1.89. The monoisotopic (exact) mass is 374 g/mol. The Hall–Kier alpha value is 0.660. The van der Waals surface area contributed by atoms with Gasteiger partial charge >= 0.3 is 0 Å². The van der Waals surface area contributed by atoms with Gasteiger partial charge in [0.1, 0.15) is 0 Å². The largest absolute Gasteiger partial charge is 0.393 e. The number of hydrogen-bond acceptors (Lipinski definition) is 2. The third-order valence-electron chi connectivity index (χ3n) is 1.18. The van der Waals surface area contributed by atoms with E-state index in [9.17, 15) is 0 Å². The molecule has 0 aromatic rings. The molecule has 2 atom stereocenters. The maximum atomic E-state index is 8.36. The van der Waals surface area contributed by atoms with Crippen LogP contribution in [0.2, 0.25) is 0 Å². The fourth-order valence-corrected chi connectivity index (χ4v) is 0. The average molecular weight is 374 g/mol. The first-order chi connectivity index (χ1) is 4.54. The Labute approximate surface area is 108 Å². The summed E-state index contributed by atoms with van der Waals surface area (Å²) < 4.78 is 0. The van der Waals surface area contributed by atoms with Gasteiger partial charge in [-0.1, -0.05) is 13.8 Å². The maximum absolute atomic E-state index is 8.36. The molecule has 0 aromatic heterocycles. The van der Waals surface area contributed by atoms with E-state index in [1.165, 1.54) is 0 Å². The van der Waals surface area contributed by atoms with Gasteiger partial charge in [-0.25, -0.2) is 0 Å². The molecule has 93 valence electrons. The molecule has 1 radical (unpaired) electrons. The molecule has 2 nitrogen and oxygen atoms in total. The van der Waals surface area contributed by atoms with E-state index in [1.807, 2.05) is 13.8 Å². The minimum atomic E-state index is -0.116. The molecule has 0 aromatic carbocycles. The van der Waals surface area contributed by atoms with Crippen LogP contribution in [0.4, 0.5) is 0 Å². The summed E-state index contributed by atoms with van der Waals surface area (Å²) in [6.45, 7) is 7.45. The second-order valence-corrected chi connectivity index (χ2v) is 2.51. The Morgan fingerprint density at radius 1 is 0.786 bits per heavy atom. The predicted molar refractivity (Wildman–Crippen MR) is 63.2 cm³/mol. The van der Waals surface area contributed by atoms with Crippen LogP contribution in [0.5, 0.6) is 0 Å². The van der Waals surface area contributed by atoms with Gasteiger partial charge in [-0.15, -0.1) is 0 Å². The molecule has 2 N–H and O–H groups in total. The standard InChI is InChI=1S/2C4H10O.3CH3.Ta/c2*1-3-4(2)5;;;;/h2*4-5H,3H2,1-2H3;3*1H3;/q;;3*-1;. The zero-order valence-corrected chi connectivity index (χ0v) is 14.1. The molecule has 3 heteroatoms. The van der Waals surface area contributed by atoms with Crippen LogP contribution >= 0.6 is 0 Å². The summed E-state index contributed by atoms with van der Waals surface area (Å²) in [4.78, 5) is 0. The van der Waals surface area contributed by atoms with Crippen molar-refractivity contribution in [1.82, 2.24) is 0 Å². The Bertz CT molecular complexity index is 49.2. The molecule has 0 spiro atoms. The van der Waals surface area contributed by atoms with Gasteiger partial charge in [0, 0.05) is 22.4 Å². The van der Waals surface area contributed by atoms with E-state index in [-0.39, 0.29) is 56.9 Å². The first-order valence-electron chi connectivity index (χ1n) is 3.90. The summed E-state index contributed by atoms with van der Waals surface area (Å²) in [5, 5.41) is 16.7. The third kappa shape index (κ3) is 79.3. The summed E-state index contributed by atoms with van der Waals surface area (Å²) in [6, 6.07) is 0. The summed E-state index contributed by atoms with van der Waals surface area (Å²) >= 11 is 0. The molecule has 14 heavy (non-hydrogen) atoms. The molecule has 0 rings (SSSR count). The molecular weight excluding hydrogens is 345 g/mol. The second kappa shape index (κ2) is 29.2. The molecule has 0 aliphatic heterocycles. The van der Waals surface area contributed by atoms with E-state index in [4.69, 9.17) is 10.2 Å². The van der Waals surface area contributed by atoms with Crippen LogP contribution in [0, 0.1) is 22.3 Å². The van der Waals surface area contributed by atoms with Gasteiger partial charge in [-0.05, 0) is 26.7 Å². The van der Waals surface area contributed by atoms with Crippen molar-refractivity contribution in [1.29, 1.82) is 0 Å². The molecular formula is C11H29O2Ta-3. The Morgan fingerprint density at radius 2 is 0.857 bits per heavy atom. The van der Waals surface area contributed by atoms with Gasteiger partial charge in [-0.3, -0.25) is 0 Å². The first kappa shape index (κ1) is 36.5. The van der Waals surface area contributed by atoms with Crippen molar-refractivity contribution in [2.75, 3.05) is 0 Å². The van der Waals surface area contributed by atoms with E-state index < -0.39 is 0 Å². The van der Waals surface area contributed by atoms with Crippen molar-refractivity contribution < 1.29 is 32.6 Å². The van der Waals surface area contributed by atoms with Gasteiger partial charge in [0.05, 0.1) is 12.2 Å². The quantitative estimate of drug-likeness (QED) is 0.730. The summed E-state index contributed by atoms with van der Waals surface area (Å²) in [6.07, 6.45) is 1.49. The van der Waals surface area contributed by atoms with Crippen molar-refractivity contribution in [3.63, 3.8) is 0 Å². The molecule has 2 unspecified atom stereocenters. The summed E-state index contributed by atoms with van der Waals surface area (Å²) in [7, 11) is 0. The third-order valence-corrected chi connectivity index (χ3v) is 1.18. The van der Waals surface area contributed by atoms with Crippen molar-refractivity contribution in [3.05, 3.63) is 22.3 Å². The van der Waals surface area contributed by atoms with Crippen LogP contribution < -0.4 is 0 Å². The molecule has 0 heterocycles. The Kier molecular flexibility index (Phi) is 76.1. The van der Waals surface area contributed by atoms with Crippen molar-refractivity contribution in [2.45, 2.75) is 52.7 Å². The fraction of sp³-hybridized carbons (Fsp3) is 0.727. The maximum Gasteiger partial charge on any atom is 0.0509 e. The SMILES string of the molecule is CCC(C)O.CCC(C)O.[CH3-].[CH3-].[CH3-].[Ta]. The molecule has 0 aliphatic rings. The summed E-state index contributed by atoms with van der Waals surface area (Å²) in [5.74, 6) is 0. The fourth-order valence-electron chi connectivity index (χ4n) is 0. The topological polar surface area (TPSA) is 40.5 Å².